The van der Waals surface area contributed by atoms with Crippen molar-refractivity contribution in [1.82, 2.24) is 10.2 Å². The monoisotopic (exact) mass is 337 g/mol. The van der Waals surface area contributed by atoms with E-state index in [0.717, 1.165) is 25.1 Å². The van der Waals surface area contributed by atoms with E-state index < -0.39 is 0 Å². The molecule has 1 fully saturated rings. The number of carbonyl (C=O) groups excluding carboxylic acids is 2. The zero-order chi connectivity index (χ0) is 16.8. The van der Waals surface area contributed by atoms with E-state index in [9.17, 15) is 9.59 Å². The summed E-state index contributed by atoms with van der Waals surface area (Å²) in [5.74, 6) is 0.359. The number of anilines is 1. The van der Waals surface area contributed by atoms with Crippen LogP contribution in [0.3, 0.4) is 0 Å². The van der Waals surface area contributed by atoms with Crippen LogP contribution in [0.5, 0.6) is 0 Å². The van der Waals surface area contributed by atoms with Gasteiger partial charge in [0.2, 0.25) is 5.91 Å². The summed E-state index contributed by atoms with van der Waals surface area (Å²) >= 11 is 5.84. The molecule has 126 valence electrons. The highest BCUT2D eigenvalue weighted by atomic mass is 35.5. The van der Waals surface area contributed by atoms with Crippen molar-refractivity contribution in [3.05, 3.63) is 29.3 Å². The molecule has 1 unspecified atom stereocenters. The van der Waals surface area contributed by atoms with Crippen molar-refractivity contribution in [1.29, 1.82) is 0 Å². The van der Waals surface area contributed by atoms with Gasteiger partial charge in [0.25, 0.3) is 0 Å². The average Bonchev–Trinajstić information content (AvgIpc) is 2.54. The number of amides is 3. The summed E-state index contributed by atoms with van der Waals surface area (Å²) in [7, 11) is 0. The quantitative estimate of drug-likeness (QED) is 0.885. The summed E-state index contributed by atoms with van der Waals surface area (Å²) < 4.78 is 0. The average molecular weight is 338 g/mol. The lowest BCUT2D eigenvalue weighted by molar-refractivity contribution is -0.124. The number of likely N-dealkylation sites (tertiary alicyclic amines) is 1. The molecule has 1 atom stereocenters. The fourth-order valence-electron chi connectivity index (χ4n) is 2.60. The van der Waals surface area contributed by atoms with Crippen LogP contribution >= 0.6 is 11.6 Å². The number of nitrogens with zero attached hydrogens (tertiary/aromatic N) is 1. The highest BCUT2D eigenvalue weighted by Gasteiger charge is 2.24. The minimum Gasteiger partial charge on any atom is -0.356 e. The Morgan fingerprint density at radius 1 is 1.30 bits per heavy atom. The fraction of sp³-hybridized carbons (Fsp3) is 0.529. The molecule has 0 radical (unpaired) electrons. The Hall–Kier alpha value is -1.75. The van der Waals surface area contributed by atoms with Crippen molar-refractivity contribution >= 4 is 29.2 Å². The maximum atomic E-state index is 12.3. The first kappa shape index (κ1) is 17.6. The van der Waals surface area contributed by atoms with E-state index in [-0.39, 0.29) is 17.9 Å². The largest absolute Gasteiger partial charge is 0.356 e. The van der Waals surface area contributed by atoms with Gasteiger partial charge in [-0.05, 0) is 43.0 Å². The Labute approximate surface area is 142 Å². The van der Waals surface area contributed by atoms with Crippen LogP contribution in [0.15, 0.2) is 24.3 Å². The molecular weight excluding hydrogens is 314 g/mol. The topological polar surface area (TPSA) is 61.4 Å². The number of hydrogen-bond acceptors (Lipinski definition) is 2. The van der Waals surface area contributed by atoms with Crippen molar-refractivity contribution in [2.75, 3.05) is 25.0 Å². The molecule has 1 heterocycles. The van der Waals surface area contributed by atoms with Gasteiger partial charge >= 0.3 is 6.03 Å². The lowest BCUT2D eigenvalue weighted by Crippen LogP contribution is -2.45. The number of nitrogens with one attached hydrogen (secondary N) is 2. The van der Waals surface area contributed by atoms with E-state index >= 15 is 0 Å². The van der Waals surface area contributed by atoms with Gasteiger partial charge in [-0.25, -0.2) is 4.79 Å². The summed E-state index contributed by atoms with van der Waals surface area (Å²) in [5.41, 5.74) is 0.731. The second kappa shape index (κ2) is 8.20. The molecule has 1 aliphatic heterocycles. The summed E-state index contributed by atoms with van der Waals surface area (Å²) in [6, 6.07) is 6.96. The van der Waals surface area contributed by atoms with E-state index in [2.05, 4.69) is 10.6 Å². The molecule has 1 aromatic rings. The standard InChI is InChI=1S/C17H24ClN3O2/c1-12(2)16(22)19-10-13-4-3-9-21(11-13)17(23)20-15-7-5-14(18)6-8-15/h5-8,12-13H,3-4,9-11H2,1-2H3,(H,19,22)(H,20,23). The number of benzene rings is 1. The lowest BCUT2D eigenvalue weighted by Gasteiger charge is -2.33. The molecule has 0 bridgehead atoms. The van der Waals surface area contributed by atoms with Crippen LogP contribution in [0, 0.1) is 11.8 Å². The summed E-state index contributed by atoms with van der Waals surface area (Å²) in [6.07, 6.45) is 1.99. The molecule has 1 aromatic carbocycles. The molecule has 2 N–H and O–H groups in total. The number of carbonyl (C=O) groups is 2. The molecule has 6 heteroatoms. The zero-order valence-electron chi connectivity index (χ0n) is 13.6. The van der Waals surface area contributed by atoms with Crippen LogP contribution in [0.4, 0.5) is 10.5 Å². The molecule has 0 aromatic heterocycles. The third-order valence-corrected chi connectivity index (χ3v) is 4.24. The third kappa shape index (κ3) is 5.43. The molecule has 5 nitrogen and oxygen atoms in total. The van der Waals surface area contributed by atoms with Gasteiger partial charge in [0.05, 0.1) is 0 Å². The highest BCUT2D eigenvalue weighted by molar-refractivity contribution is 6.30. The van der Waals surface area contributed by atoms with Crippen LogP contribution < -0.4 is 10.6 Å². The number of hydrogen-bond donors (Lipinski definition) is 2. The fourth-order valence-corrected chi connectivity index (χ4v) is 2.73. The molecule has 0 aliphatic carbocycles. The van der Waals surface area contributed by atoms with Gasteiger partial charge in [0, 0.05) is 36.3 Å². The summed E-state index contributed by atoms with van der Waals surface area (Å²) in [5, 5.41) is 6.48. The Balaban J connectivity index is 1.83. The van der Waals surface area contributed by atoms with Gasteiger partial charge < -0.3 is 15.5 Å². The van der Waals surface area contributed by atoms with Gasteiger partial charge in [0.15, 0.2) is 0 Å². The first-order valence-corrected chi connectivity index (χ1v) is 8.42. The highest BCUT2D eigenvalue weighted by Crippen LogP contribution is 2.18. The zero-order valence-corrected chi connectivity index (χ0v) is 14.4. The van der Waals surface area contributed by atoms with Crippen LogP contribution in [-0.2, 0) is 4.79 Å². The minimum atomic E-state index is -0.104. The molecule has 0 spiro atoms. The SMILES string of the molecule is CC(C)C(=O)NCC1CCCN(C(=O)Nc2ccc(Cl)cc2)C1. The first-order chi connectivity index (χ1) is 11.0. The predicted octanol–water partition coefficient (Wildman–Crippen LogP) is 3.36. The van der Waals surface area contributed by atoms with Gasteiger partial charge in [-0.1, -0.05) is 25.4 Å². The first-order valence-electron chi connectivity index (χ1n) is 8.05. The summed E-state index contributed by atoms with van der Waals surface area (Å²) in [4.78, 5) is 25.8. The molecule has 0 saturated carbocycles. The van der Waals surface area contributed by atoms with Crippen molar-refractivity contribution in [3.8, 4) is 0 Å². The Morgan fingerprint density at radius 3 is 2.65 bits per heavy atom. The third-order valence-electron chi connectivity index (χ3n) is 3.99. The molecule has 1 saturated heterocycles. The van der Waals surface area contributed by atoms with E-state index in [1.165, 1.54) is 0 Å². The van der Waals surface area contributed by atoms with E-state index in [1.807, 2.05) is 18.7 Å². The van der Waals surface area contributed by atoms with Crippen molar-refractivity contribution < 1.29 is 9.59 Å². The number of piperidine rings is 1. The van der Waals surface area contributed by atoms with Crippen molar-refractivity contribution in [2.45, 2.75) is 26.7 Å². The van der Waals surface area contributed by atoms with Crippen LogP contribution in [0.1, 0.15) is 26.7 Å². The van der Waals surface area contributed by atoms with E-state index in [0.29, 0.717) is 24.0 Å². The van der Waals surface area contributed by atoms with E-state index in [1.54, 1.807) is 24.3 Å². The van der Waals surface area contributed by atoms with Crippen LogP contribution in [0.25, 0.3) is 0 Å². The predicted molar refractivity (Wildman–Crippen MR) is 92.6 cm³/mol. The number of rotatable bonds is 4. The Morgan fingerprint density at radius 2 is 2.00 bits per heavy atom. The number of halogens is 1. The molecule has 23 heavy (non-hydrogen) atoms. The van der Waals surface area contributed by atoms with Crippen LogP contribution in [0.2, 0.25) is 5.02 Å². The Kier molecular flexibility index (Phi) is 6.28. The Bertz CT molecular complexity index is 545. The van der Waals surface area contributed by atoms with E-state index in [4.69, 9.17) is 11.6 Å². The van der Waals surface area contributed by atoms with Gasteiger partial charge in [-0.15, -0.1) is 0 Å². The normalized spacial score (nSPS) is 17.9. The molecule has 2 rings (SSSR count). The van der Waals surface area contributed by atoms with Crippen LogP contribution in [-0.4, -0.2) is 36.5 Å². The maximum Gasteiger partial charge on any atom is 0.321 e. The second-order valence-corrected chi connectivity index (χ2v) is 6.73. The van der Waals surface area contributed by atoms with Gasteiger partial charge in [0.1, 0.15) is 0 Å². The molecular formula is C17H24ClN3O2. The minimum absolute atomic E-state index is 0.0112. The second-order valence-electron chi connectivity index (χ2n) is 6.29. The van der Waals surface area contributed by atoms with Gasteiger partial charge in [-0.2, -0.15) is 0 Å². The van der Waals surface area contributed by atoms with Crippen molar-refractivity contribution in [3.63, 3.8) is 0 Å². The van der Waals surface area contributed by atoms with Gasteiger partial charge in [-0.3, -0.25) is 4.79 Å². The lowest BCUT2D eigenvalue weighted by atomic mass is 9.98. The van der Waals surface area contributed by atoms with Crippen molar-refractivity contribution in [2.24, 2.45) is 11.8 Å². The smallest absolute Gasteiger partial charge is 0.321 e. The maximum absolute atomic E-state index is 12.3. The number of urea groups is 1. The molecule has 1 aliphatic rings. The summed E-state index contributed by atoms with van der Waals surface area (Å²) in [6.45, 7) is 5.79. The molecule has 3 amide bonds.